The Bertz CT molecular complexity index is 476. The smallest absolute Gasteiger partial charge is 0.0441 e. The first-order chi connectivity index (χ1) is 9.57. The van der Waals surface area contributed by atoms with Crippen LogP contribution in [0.15, 0.2) is 24.3 Å². The number of nitrogens with one attached hydrogen (secondary N) is 1. The van der Waals surface area contributed by atoms with Crippen molar-refractivity contribution in [3.05, 3.63) is 34.9 Å². The highest BCUT2D eigenvalue weighted by Crippen LogP contribution is 2.60. The summed E-state index contributed by atoms with van der Waals surface area (Å²) in [6, 6.07) is 8.47. The van der Waals surface area contributed by atoms with E-state index in [1.807, 2.05) is 6.07 Å². The summed E-state index contributed by atoms with van der Waals surface area (Å²) in [7, 11) is 0. The average Bonchev–Trinajstić information content (AvgIpc) is 2.44. The monoisotopic (exact) mass is 291 g/mol. The van der Waals surface area contributed by atoms with Crippen molar-refractivity contribution < 1.29 is 0 Å². The molecule has 1 aliphatic heterocycles. The largest absolute Gasteiger partial charge is 0.316 e. The molecule has 2 atom stereocenters. The highest BCUT2D eigenvalue weighted by Gasteiger charge is 2.52. The van der Waals surface area contributed by atoms with Crippen LogP contribution in [0.2, 0.25) is 5.02 Å². The van der Waals surface area contributed by atoms with Crippen LogP contribution >= 0.6 is 11.6 Å². The van der Waals surface area contributed by atoms with E-state index >= 15 is 0 Å². The Morgan fingerprint density at radius 2 is 1.85 bits per heavy atom. The Hall–Kier alpha value is -0.530. The first kappa shape index (κ1) is 14.4. The molecule has 1 heterocycles. The zero-order valence-electron chi connectivity index (χ0n) is 12.7. The molecule has 1 saturated carbocycles. The summed E-state index contributed by atoms with van der Waals surface area (Å²) >= 11 is 6.53. The molecule has 1 aromatic carbocycles. The Labute approximate surface area is 128 Å². The second-order valence-corrected chi connectivity index (χ2v) is 7.68. The van der Waals surface area contributed by atoms with Crippen molar-refractivity contribution in [3.8, 4) is 0 Å². The van der Waals surface area contributed by atoms with E-state index in [0.717, 1.165) is 18.1 Å². The maximum absolute atomic E-state index is 6.53. The van der Waals surface area contributed by atoms with Crippen LogP contribution < -0.4 is 5.32 Å². The van der Waals surface area contributed by atoms with Gasteiger partial charge < -0.3 is 5.32 Å². The van der Waals surface area contributed by atoms with E-state index < -0.39 is 0 Å². The van der Waals surface area contributed by atoms with Gasteiger partial charge in [0.2, 0.25) is 0 Å². The Kier molecular flexibility index (Phi) is 3.85. The second kappa shape index (κ2) is 5.35. The third-order valence-corrected chi connectivity index (χ3v) is 6.41. The Balaban J connectivity index is 2.05. The van der Waals surface area contributed by atoms with Gasteiger partial charge in [-0.25, -0.2) is 0 Å². The summed E-state index contributed by atoms with van der Waals surface area (Å²) in [6.45, 7) is 7.21. The van der Waals surface area contributed by atoms with Crippen LogP contribution in [-0.4, -0.2) is 13.1 Å². The number of hydrogen-bond acceptors (Lipinski definition) is 1. The lowest BCUT2D eigenvalue weighted by atomic mass is 9.49. The molecule has 110 valence electrons. The summed E-state index contributed by atoms with van der Waals surface area (Å²) in [5, 5.41) is 4.56. The third kappa shape index (κ3) is 2.19. The molecule has 2 heteroatoms. The van der Waals surface area contributed by atoms with Gasteiger partial charge in [0.05, 0.1) is 0 Å². The van der Waals surface area contributed by atoms with Gasteiger partial charge in [0.1, 0.15) is 0 Å². The van der Waals surface area contributed by atoms with Crippen LogP contribution in [-0.2, 0) is 0 Å². The first-order valence-electron chi connectivity index (χ1n) is 8.02. The van der Waals surface area contributed by atoms with Crippen molar-refractivity contribution in [2.24, 2.45) is 10.8 Å². The van der Waals surface area contributed by atoms with Crippen LogP contribution in [0.25, 0.3) is 0 Å². The molecule has 1 saturated heterocycles. The zero-order chi connectivity index (χ0) is 14.2. The fourth-order valence-electron chi connectivity index (χ4n) is 4.80. The van der Waals surface area contributed by atoms with Gasteiger partial charge in [-0.2, -0.15) is 0 Å². The first-order valence-corrected chi connectivity index (χ1v) is 8.40. The van der Waals surface area contributed by atoms with Crippen LogP contribution in [0, 0.1) is 10.8 Å². The molecule has 1 aliphatic carbocycles. The summed E-state index contributed by atoms with van der Waals surface area (Å²) in [4.78, 5) is 0. The van der Waals surface area contributed by atoms with Gasteiger partial charge >= 0.3 is 0 Å². The molecular formula is C18H26ClN. The lowest BCUT2D eigenvalue weighted by Crippen LogP contribution is -2.53. The molecule has 2 fully saturated rings. The minimum atomic E-state index is 0.414. The van der Waals surface area contributed by atoms with Crippen molar-refractivity contribution in [3.63, 3.8) is 0 Å². The molecule has 0 radical (unpaired) electrons. The van der Waals surface area contributed by atoms with Crippen molar-refractivity contribution in [1.29, 1.82) is 0 Å². The van der Waals surface area contributed by atoms with Gasteiger partial charge in [0.15, 0.2) is 0 Å². The maximum atomic E-state index is 6.53. The fraction of sp³-hybridized carbons (Fsp3) is 0.667. The quantitative estimate of drug-likeness (QED) is 0.767. The Morgan fingerprint density at radius 1 is 1.10 bits per heavy atom. The molecule has 0 bridgehead atoms. The predicted molar refractivity (Wildman–Crippen MR) is 86.4 cm³/mol. The summed E-state index contributed by atoms with van der Waals surface area (Å²) in [6.07, 6.45) is 6.77. The van der Waals surface area contributed by atoms with Crippen molar-refractivity contribution >= 4 is 11.6 Å². The van der Waals surface area contributed by atoms with Crippen LogP contribution in [0.3, 0.4) is 0 Å². The summed E-state index contributed by atoms with van der Waals surface area (Å²) < 4.78 is 0. The molecule has 1 nitrogen and oxygen atoms in total. The highest BCUT2D eigenvalue weighted by atomic mass is 35.5. The van der Waals surface area contributed by atoms with E-state index in [9.17, 15) is 0 Å². The fourth-order valence-corrected chi connectivity index (χ4v) is 5.06. The second-order valence-electron chi connectivity index (χ2n) is 7.28. The van der Waals surface area contributed by atoms with Crippen LogP contribution in [0.1, 0.15) is 57.4 Å². The van der Waals surface area contributed by atoms with Gasteiger partial charge in [0, 0.05) is 17.5 Å². The van der Waals surface area contributed by atoms with E-state index in [1.54, 1.807) is 0 Å². The lowest BCUT2D eigenvalue weighted by Gasteiger charge is -2.57. The van der Waals surface area contributed by atoms with Gasteiger partial charge in [-0.3, -0.25) is 0 Å². The van der Waals surface area contributed by atoms with Crippen molar-refractivity contribution in [2.75, 3.05) is 13.1 Å². The molecular weight excluding hydrogens is 266 g/mol. The molecule has 0 amide bonds. The zero-order valence-corrected chi connectivity index (χ0v) is 13.5. The normalized spacial score (nSPS) is 33.2. The van der Waals surface area contributed by atoms with E-state index in [0.29, 0.717) is 16.7 Å². The van der Waals surface area contributed by atoms with E-state index in [4.69, 9.17) is 11.6 Å². The van der Waals surface area contributed by atoms with Crippen LogP contribution in [0.4, 0.5) is 0 Å². The molecule has 1 spiro atoms. The molecule has 1 N–H and O–H groups in total. The topological polar surface area (TPSA) is 12.0 Å². The summed E-state index contributed by atoms with van der Waals surface area (Å²) in [5.74, 6) is 0.556. The molecule has 2 aliphatic rings. The van der Waals surface area contributed by atoms with E-state index in [-0.39, 0.29) is 0 Å². The maximum Gasteiger partial charge on any atom is 0.0441 e. The molecule has 0 aromatic heterocycles. The van der Waals surface area contributed by atoms with Gasteiger partial charge in [-0.1, -0.05) is 56.5 Å². The standard InChI is InChI=1S/C18H26ClN/c1-17(2)9-5-6-10-18(17)11-12-20-13-15(18)14-7-3-4-8-16(14)19/h3-4,7-8,15,20H,5-6,9-13H2,1-2H3. The van der Waals surface area contributed by atoms with E-state index in [2.05, 4.69) is 37.4 Å². The van der Waals surface area contributed by atoms with E-state index in [1.165, 1.54) is 37.7 Å². The van der Waals surface area contributed by atoms with Gasteiger partial charge in [-0.15, -0.1) is 0 Å². The molecule has 3 rings (SSSR count). The number of rotatable bonds is 1. The highest BCUT2D eigenvalue weighted by molar-refractivity contribution is 6.31. The lowest BCUT2D eigenvalue weighted by molar-refractivity contribution is -0.0320. The van der Waals surface area contributed by atoms with Crippen LogP contribution in [0.5, 0.6) is 0 Å². The van der Waals surface area contributed by atoms with Gasteiger partial charge in [0.25, 0.3) is 0 Å². The minimum Gasteiger partial charge on any atom is -0.316 e. The van der Waals surface area contributed by atoms with Crippen molar-refractivity contribution in [2.45, 2.75) is 51.9 Å². The number of benzene rings is 1. The van der Waals surface area contributed by atoms with Crippen molar-refractivity contribution in [1.82, 2.24) is 5.32 Å². The van der Waals surface area contributed by atoms with Gasteiger partial charge in [-0.05, 0) is 48.3 Å². The number of halogens is 1. The SMILES string of the molecule is CC1(C)CCCCC12CCNCC2c1ccccc1Cl. The summed E-state index contributed by atoms with van der Waals surface area (Å²) in [5.41, 5.74) is 2.19. The predicted octanol–water partition coefficient (Wildman–Crippen LogP) is 5.00. The third-order valence-electron chi connectivity index (χ3n) is 6.07. The number of piperidine rings is 1. The number of hydrogen-bond donors (Lipinski definition) is 1. The molecule has 2 unspecified atom stereocenters. The molecule has 20 heavy (non-hydrogen) atoms. The Morgan fingerprint density at radius 3 is 2.60 bits per heavy atom. The average molecular weight is 292 g/mol. The molecule has 1 aromatic rings. The minimum absolute atomic E-state index is 0.414.